The Morgan fingerprint density at radius 2 is 2.15 bits per heavy atom. The molecular formula is C18H19KN2O5S. The number of aliphatic hydroxyl groups is 1. The smallest absolute Gasteiger partial charge is 0.543 e. The maximum Gasteiger partial charge on any atom is 1.00 e. The summed E-state index contributed by atoms with van der Waals surface area (Å²) in [6.07, 6.45) is 1.82. The summed E-state index contributed by atoms with van der Waals surface area (Å²) in [6.45, 7) is 1.60. The molecule has 1 aromatic rings. The van der Waals surface area contributed by atoms with Gasteiger partial charge in [0, 0.05) is 11.3 Å². The number of rotatable bonds is 6. The number of aryl methyl sites for hydroxylation is 1. The van der Waals surface area contributed by atoms with Gasteiger partial charge in [-0.15, -0.1) is 11.8 Å². The molecule has 2 N–H and O–H groups in total. The third-order valence-electron chi connectivity index (χ3n) is 4.45. The molecule has 0 bridgehead atoms. The van der Waals surface area contributed by atoms with E-state index in [1.807, 2.05) is 6.07 Å². The topological polar surface area (TPSA) is 110 Å². The average molecular weight is 415 g/mol. The van der Waals surface area contributed by atoms with Crippen LogP contribution in [0, 0.1) is 0 Å². The van der Waals surface area contributed by atoms with Crippen molar-refractivity contribution in [1.29, 1.82) is 0 Å². The number of fused-ring (bicyclic) bond motifs is 1. The van der Waals surface area contributed by atoms with Crippen LogP contribution < -0.4 is 61.8 Å². The number of amides is 2. The van der Waals surface area contributed by atoms with Gasteiger partial charge in [-0.05, 0) is 29.7 Å². The number of hydrogen-bond acceptors (Lipinski definition) is 6. The molecule has 2 aliphatic heterocycles. The van der Waals surface area contributed by atoms with Gasteiger partial charge in [-0.2, -0.15) is 0 Å². The molecule has 0 aromatic heterocycles. The maximum atomic E-state index is 12.5. The number of benzene rings is 1. The van der Waals surface area contributed by atoms with E-state index < -0.39 is 29.9 Å². The van der Waals surface area contributed by atoms with Crippen LogP contribution in [0.25, 0.3) is 0 Å². The number of β-lactam (4-membered cyclic amide) rings is 1. The van der Waals surface area contributed by atoms with E-state index in [0.717, 1.165) is 23.3 Å². The fourth-order valence-electron chi connectivity index (χ4n) is 3.17. The van der Waals surface area contributed by atoms with Gasteiger partial charge >= 0.3 is 51.4 Å². The predicted octanol–water partition coefficient (Wildman–Crippen LogP) is -3.35. The molecule has 3 rings (SSSR count). The van der Waals surface area contributed by atoms with Crippen LogP contribution in [-0.2, 0) is 16.0 Å². The monoisotopic (exact) mass is 414 g/mol. The summed E-state index contributed by atoms with van der Waals surface area (Å²) in [5.41, 5.74) is 1.48. The molecule has 2 heterocycles. The number of aliphatic hydroxyl groups excluding tert-OH is 1. The molecule has 1 saturated heterocycles. The summed E-state index contributed by atoms with van der Waals surface area (Å²) in [4.78, 5) is 37.3. The Morgan fingerprint density at radius 3 is 2.78 bits per heavy atom. The molecule has 0 unspecified atom stereocenters. The molecule has 9 heteroatoms. The number of thioether (sulfide) groups is 1. The Balaban J connectivity index is 0.00000261. The van der Waals surface area contributed by atoms with Crippen LogP contribution in [0.3, 0.4) is 0 Å². The van der Waals surface area contributed by atoms with Crippen molar-refractivity contribution < 1.29 is 76.0 Å². The minimum Gasteiger partial charge on any atom is -0.543 e. The zero-order chi connectivity index (χ0) is 18.8. The molecule has 7 nitrogen and oxygen atoms in total. The minimum absolute atomic E-state index is 0. The van der Waals surface area contributed by atoms with Crippen molar-refractivity contribution >= 4 is 29.5 Å². The SMILES string of the molecule is CCCc1cccc(C(=O)N[C@H]2C(=O)N3C(C(=O)[O-])=C(CO)CS[C@@H]23)c1.[K+]. The first-order valence-corrected chi connectivity index (χ1v) is 9.41. The fourth-order valence-corrected chi connectivity index (χ4v) is 4.51. The second-order valence-corrected chi connectivity index (χ2v) is 7.31. The van der Waals surface area contributed by atoms with E-state index >= 15 is 0 Å². The number of carbonyl (C=O) groups excluding carboxylic acids is 3. The van der Waals surface area contributed by atoms with Crippen molar-refractivity contribution in [2.75, 3.05) is 12.4 Å². The van der Waals surface area contributed by atoms with Crippen molar-refractivity contribution in [3.63, 3.8) is 0 Å². The van der Waals surface area contributed by atoms with E-state index in [0.29, 0.717) is 5.56 Å². The van der Waals surface area contributed by atoms with E-state index in [1.165, 1.54) is 11.8 Å². The Labute approximate surface area is 204 Å². The van der Waals surface area contributed by atoms with Crippen LogP contribution in [0.5, 0.6) is 0 Å². The number of carboxylic acid groups (broad SMARTS) is 1. The van der Waals surface area contributed by atoms with Gasteiger partial charge in [-0.25, -0.2) is 0 Å². The molecule has 2 aliphatic rings. The van der Waals surface area contributed by atoms with Crippen LogP contribution >= 0.6 is 11.8 Å². The standard InChI is InChI=1S/C18H20N2O5S.K/c1-2-4-10-5-3-6-11(7-10)15(22)19-13-16(23)20-14(18(24)25)12(8-21)9-26-17(13)20;/h3,5-7,13,17,21H,2,4,8-9H2,1H3,(H,19,22)(H,24,25);/q;+1/p-1/t13-,17-;/m0./s1. The van der Waals surface area contributed by atoms with Gasteiger partial charge < -0.3 is 20.3 Å². The molecule has 0 spiro atoms. The summed E-state index contributed by atoms with van der Waals surface area (Å²) in [5.74, 6) is -2.10. The molecule has 1 fully saturated rings. The zero-order valence-corrected chi connectivity index (χ0v) is 19.2. The van der Waals surface area contributed by atoms with Crippen molar-refractivity contribution in [2.45, 2.75) is 31.2 Å². The maximum absolute atomic E-state index is 12.5. The largest absolute Gasteiger partial charge is 1.00 e. The van der Waals surface area contributed by atoms with Crippen LogP contribution in [0.1, 0.15) is 29.3 Å². The Kier molecular flexibility index (Phi) is 8.11. The number of hydrogen-bond donors (Lipinski definition) is 2. The zero-order valence-electron chi connectivity index (χ0n) is 15.2. The third kappa shape index (κ3) is 4.50. The summed E-state index contributed by atoms with van der Waals surface area (Å²) in [7, 11) is 0. The molecule has 0 radical (unpaired) electrons. The number of nitrogens with zero attached hydrogens (tertiary/aromatic N) is 1. The molecule has 0 aliphatic carbocycles. The van der Waals surface area contributed by atoms with E-state index in [2.05, 4.69) is 12.2 Å². The number of carboxylic acids is 1. The van der Waals surface area contributed by atoms with Crippen molar-refractivity contribution in [3.05, 3.63) is 46.7 Å². The molecule has 1 aromatic carbocycles. The molecular weight excluding hydrogens is 395 g/mol. The summed E-state index contributed by atoms with van der Waals surface area (Å²) in [5, 5.41) is 22.8. The van der Waals surface area contributed by atoms with Gasteiger partial charge in [0.15, 0.2) is 0 Å². The Bertz CT molecular complexity index is 798. The van der Waals surface area contributed by atoms with Crippen LogP contribution in [0.15, 0.2) is 35.5 Å². The second kappa shape index (κ2) is 9.68. The van der Waals surface area contributed by atoms with Gasteiger partial charge in [0.05, 0.1) is 18.3 Å². The van der Waals surface area contributed by atoms with Crippen molar-refractivity contribution in [1.82, 2.24) is 10.2 Å². The molecule has 27 heavy (non-hydrogen) atoms. The summed E-state index contributed by atoms with van der Waals surface area (Å²) < 4.78 is 0. The Morgan fingerprint density at radius 1 is 1.41 bits per heavy atom. The summed E-state index contributed by atoms with van der Waals surface area (Å²) >= 11 is 1.31. The second-order valence-electron chi connectivity index (χ2n) is 6.21. The van der Waals surface area contributed by atoms with E-state index in [4.69, 9.17) is 0 Å². The van der Waals surface area contributed by atoms with Gasteiger partial charge in [-0.3, -0.25) is 14.5 Å². The van der Waals surface area contributed by atoms with Crippen molar-refractivity contribution in [2.24, 2.45) is 0 Å². The molecule has 2 amide bonds. The van der Waals surface area contributed by atoms with E-state index in [1.54, 1.807) is 18.2 Å². The number of aliphatic carboxylic acids is 1. The van der Waals surface area contributed by atoms with Crippen LogP contribution in [0.2, 0.25) is 0 Å². The molecule has 0 saturated carbocycles. The van der Waals surface area contributed by atoms with Gasteiger partial charge in [0.2, 0.25) is 0 Å². The molecule has 138 valence electrons. The first-order chi connectivity index (χ1) is 12.5. The number of carbonyl (C=O) groups is 3. The summed E-state index contributed by atoms with van der Waals surface area (Å²) in [6, 6.07) is 6.43. The fraction of sp³-hybridized carbons (Fsp3) is 0.389. The first-order valence-electron chi connectivity index (χ1n) is 8.36. The van der Waals surface area contributed by atoms with Gasteiger partial charge in [0.25, 0.3) is 11.8 Å². The van der Waals surface area contributed by atoms with Gasteiger partial charge in [-0.1, -0.05) is 25.5 Å². The quantitative estimate of drug-likeness (QED) is 0.372. The third-order valence-corrected chi connectivity index (χ3v) is 5.79. The van der Waals surface area contributed by atoms with Crippen molar-refractivity contribution in [3.8, 4) is 0 Å². The van der Waals surface area contributed by atoms with E-state index in [-0.39, 0.29) is 74.3 Å². The average Bonchev–Trinajstić information content (AvgIpc) is 2.64. The molecule has 2 atom stereocenters. The van der Waals surface area contributed by atoms with Crippen LogP contribution in [0.4, 0.5) is 0 Å². The first kappa shape index (κ1) is 22.6. The van der Waals surface area contributed by atoms with E-state index in [9.17, 15) is 24.6 Å². The number of nitrogens with one attached hydrogen (secondary N) is 1. The predicted molar refractivity (Wildman–Crippen MR) is 93.9 cm³/mol. The minimum atomic E-state index is -1.50. The Hall–Kier alpha value is -0.684. The van der Waals surface area contributed by atoms with Crippen LogP contribution in [-0.4, -0.2) is 51.6 Å². The van der Waals surface area contributed by atoms with Gasteiger partial charge in [0.1, 0.15) is 11.4 Å². The normalized spacial score (nSPS) is 21.1.